The van der Waals surface area contributed by atoms with E-state index in [1.54, 1.807) is 6.20 Å². The molecule has 1 atom stereocenters. The zero-order valence-electron chi connectivity index (χ0n) is 9.80. The molecule has 0 unspecified atom stereocenters. The third-order valence-corrected chi connectivity index (χ3v) is 3.24. The van der Waals surface area contributed by atoms with Gasteiger partial charge in [-0.05, 0) is 32.3 Å². The Morgan fingerprint density at radius 1 is 1.50 bits per heavy atom. The molecule has 0 aliphatic carbocycles. The molecular formula is C12H19N3O. The van der Waals surface area contributed by atoms with Crippen LogP contribution in [0.1, 0.15) is 32.6 Å². The highest BCUT2D eigenvalue weighted by molar-refractivity contribution is 5.76. The van der Waals surface area contributed by atoms with E-state index in [0.29, 0.717) is 19.0 Å². The molecule has 1 aliphatic rings. The molecule has 4 nitrogen and oxygen atoms in total. The Bertz CT molecular complexity index is 334. The number of hydrogen-bond donors (Lipinski definition) is 0. The van der Waals surface area contributed by atoms with Gasteiger partial charge in [0.1, 0.15) is 0 Å². The zero-order valence-corrected chi connectivity index (χ0v) is 9.80. The Balaban J connectivity index is 1.83. The minimum absolute atomic E-state index is 0.266. The van der Waals surface area contributed by atoms with Crippen molar-refractivity contribution >= 4 is 5.91 Å². The van der Waals surface area contributed by atoms with Crippen LogP contribution in [0, 0.1) is 0 Å². The maximum atomic E-state index is 12.0. The van der Waals surface area contributed by atoms with Gasteiger partial charge in [0.25, 0.3) is 0 Å². The fourth-order valence-electron chi connectivity index (χ4n) is 2.26. The third-order valence-electron chi connectivity index (χ3n) is 3.24. The van der Waals surface area contributed by atoms with Crippen LogP contribution in [-0.4, -0.2) is 33.2 Å². The van der Waals surface area contributed by atoms with Crippen LogP contribution in [0.3, 0.4) is 0 Å². The SMILES string of the molecule is C[C@H]1CCCCN1C(=O)CCn1cccn1. The van der Waals surface area contributed by atoms with Crippen LogP contribution in [0.5, 0.6) is 0 Å². The van der Waals surface area contributed by atoms with Gasteiger partial charge in [-0.2, -0.15) is 5.10 Å². The van der Waals surface area contributed by atoms with Crippen molar-refractivity contribution in [1.82, 2.24) is 14.7 Å². The molecule has 0 spiro atoms. The van der Waals surface area contributed by atoms with E-state index < -0.39 is 0 Å². The van der Waals surface area contributed by atoms with Gasteiger partial charge in [-0.1, -0.05) is 0 Å². The second kappa shape index (κ2) is 5.14. The maximum Gasteiger partial charge on any atom is 0.224 e. The first-order valence-electron chi connectivity index (χ1n) is 6.04. The first kappa shape index (κ1) is 11.2. The Labute approximate surface area is 96.2 Å². The number of carbonyl (C=O) groups is 1. The number of amides is 1. The van der Waals surface area contributed by atoms with Crippen molar-refractivity contribution in [2.45, 2.75) is 45.2 Å². The average Bonchev–Trinajstić information content (AvgIpc) is 2.79. The third kappa shape index (κ3) is 2.62. The van der Waals surface area contributed by atoms with E-state index in [0.717, 1.165) is 19.4 Å². The number of carbonyl (C=O) groups excluding carboxylic acids is 1. The summed E-state index contributed by atoms with van der Waals surface area (Å²) in [6.45, 7) is 3.76. The lowest BCUT2D eigenvalue weighted by atomic mass is 10.0. The number of nitrogens with zero attached hydrogens (tertiary/aromatic N) is 3. The predicted molar refractivity (Wildman–Crippen MR) is 61.9 cm³/mol. The first-order valence-corrected chi connectivity index (χ1v) is 6.04. The molecule has 1 aliphatic heterocycles. The summed E-state index contributed by atoms with van der Waals surface area (Å²) in [5.41, 5.74) is 0. The second-order valence-corrected chi connectivity index (χ2v) is 4.45. The molecule has 0 bridgehead atoms. The predicted octanol–water partition coefficient (Wildman–Crippen LogP) is 1.67. The number of rotatable bonds is 3. The molecule has 1 amide bonds. The summed E-state index contributed by atoms with van der Waals surface area (Å²) in [6, 6.07) is 2.30. The van der Waals surface area contributed by atoms with Crippen molar-refractivity contribution in [2.24, 2.45) is 0 Å². The van der Waals surface area contributed by atoms with Crippen LogP contribution in [0.15, 0.2) is 18.5 Å². The van der Waals surface area contributed by atoms with E-state index in [2.05, 4.69) is 12.0 Å². The van der Waals surface area contributed by atoms with E-state index in [-0.39, 0.29) is 5.91 Å². The molecule has 88 valence electrons. The summed E-state index contributed by atoms with van der Waals surface area (Å²) in [7, 11) is 0. The van der Waals surface area contributed by atoms with Crippen LogP contribution in [0.2, 0.25) is 0 Å². The van der Waals surface area contributed by atoms with E-state index in [1.807, 2.05) is 21.8 Å². The van der Waals surface area contributed by atoms with Crippen molar-refractivity contribution < 1.29 is 4.79 Å². The summed E-state index contributed by atoms with van der Waals surface area (Å²) in [5, 5.41) is 4.10. The molecule has 1 aromatic heterocycles. The van der Waals surface area contributed by atoms with Crippen molar-refractivity contribution in [3.8, 4) is 0 Å². The molecule has 16 heavy (non-hydrogen) atoms. The van der Waals surface area contributed by atoms with Gasteiger partial charge in [0.05, 0.1) is 0 Å². The summed E-state index contributed by atoms with van der Waals surface area (Å²) < 4.78 is 1.81. The van der Waals surface area contributed by atoms with Crippen LogP contribution in [0.25, 0.3) is 0 Å². The van der Waals surface area contributed by atoms with E-state index in [1.165, 1.54) is 6.42 Å². The number of piperidine rings is 1. The number of aryl methyl sites for hydroxylation is 1. The lowest BCUT2D eigenvalue weighted by Crippen LogP contribution is -2.42. The summed E-state index contributed by atoms with van der Waals surface area (Å²) in [5.74, 6) is 0.266. The average molecular weight is 221 g/mol. The molecule has 0 aromatic carbocycles. The van der Waals surface area contributed by atoms with E-state index in [4.69, 9.17) is 0 Å². The smallest absolute Gasteiger partial charge is 0.224 e. The summed E-state index contributed by atoms with van der Waals surface area (Å²) in [4.78, 5) is 14.0. The largest absolute Gasteiger partial charge is 0.340 e. The fraction of sp³-hybridized carbons (Fsp3) is 0.667. The van der Waals surface area contributed by atoms with Crippen molar-refractivity contribution in [2.75, 3.05) is 6.54 Å². The highest BCUT2D eigenvalue weighted by Crippen LogP contribution is 2.17. The number of hydrogen-bond acceptors (Lipinski definition) is 2. The standard InChI is InChI=1S/C12H19N3O/c1-11-5-2-3-9-15(11)12(16)6-10-14-8-4-7-13-14/h4,7-8,11H,2-3,5-6,9-10H2,1H3/t11-/m0/s1. The monoisotopic (exact) mass is 221 g/mol. The minimum Gasteiger partial charge on any atom is -0.340 e. The zero-order chi connectivity index (χ0) is 11.4. The van der Waals surface area contributed by atoms with Crippen LogP contribution >= 0.6 is 0 Å². The Kier molecular flexibility index (Phi) is 3.59. The lowest BCUT2D eigenvalue weighted by Gasteiger charge is -2.33. The van der Waals surface area contributed by atoms with Gasteiger partial charge in [0.2, 0.25) is 5.91 Å². The van der Waals surface area contributed by atoms with Crippen molar-refractivity contribution in [3.05, 3.63) is 18.5 Å². The van der Waals surface area contributed by atoms with Crippen molar-refractivity contribution in [1.29, 1.82) is 0 Å². The van der Waals surface area contributed by atoms with Crippen molar-refractivity contribution in [3.63, 3.8) is 0 Å². The summed E-state index contributed by atoms with van der Waals surface area (Å²) in [6.07, 6.45) is 7.75. The normalized spacial score (nSPS) is 21.1. The number of aromatic nitrogens is 2. The fourth-order valence-corrected chi connectivity index (χ4v) is 2.26. The van der Waals surface area contributed by atoms with Gasteiger partial charge in [-0.3, -0.25) is 9.48 Å². The van der Waals surface area contributed by atoms with Gasteiger partial charge in [0.15, 0.2) is 0 Å². The van der Waals surface area contributed by atoms with Crippen LogP contribution < -0.4 is 0 Å². The molecule has 2 rings (SSSR count). The van der Waals surface area contributed by atoms with Gasteiger partial charge in [0, 0.05) is 37.9 Å². The second-order valence-electron chi connectivity index (χ2n) is 4.45. The van der Waals surface area contributed by atoms with Gasteiger partial charge < -0.3 is 4.90 Å². The molecule has 0 N–H and O–H groups in total. The highest BCUT2D eigenvalue weighted by atomic mass is 16.2. The first-order chi connectivity index (χ1) is 7.77. The van der Waals surface area contributed by atoms with E-state index in [9.17, 15) is 4.79 Å². The highest BCUT2D eigenvalue weighted by Gasteiger charge is 2.22. The quantitative estimate of drug-likeness (QED) is 0.778. The van der Waals surface area contributed by atoms with E-state index >= 15 is 0 Å². The summed E-state index contributed by atoms with van der Waals surface area (Å²) >= 11 is 0. The Morgan fingerprint density at radius 2 is 2.38 bits per heavy atom. The molecule has 1 saturated heterocycles. The molecule has 1 fully saturated rings. The molecule has 0 saturated carbocycles. The van der Waals surface area contributed by atoms with Crippen LogP contribution in [0.4, 0.5) is 0 Å². The topological polar surface area (TPSA) is 38.1 Å². The molecule has 4 heteroatoms. The van der Waals surface area contributed by atoms with Gasteiger partial charge in [-0.15, -0.1) is 0 Å². The minimum atomic E-state index is 0.266. The van der Waals surface area contributed by atoms with Gasteiger partial charge >= 0.3 is 0 Å². The Morgan fingerprint density at radius 3 is 3.06 bits per heavy atom. The molecular weight excluding hydrogens is 202 g/mol. The number of likely N-dealkylation sites (tertiary alicyclic amines) is 1. The Hall–Kier alpha value is -1.32. The molecule has 1 aromatic rings. The van der Waals surface area contributed by atoms with Gasteiger partial charge in [-0.25, -0.2) is 0 Å². The molecule has 0 radical (unpaired) electrons. The lowest BCUT2D eigenvalue weighted by molar-refractivity contribution is -0.134. The molecule has 2 heterocycles. The maximum absolute atomic E-state index is 12.0. The van der Waals surface area contributed by atoms with Crippen LogP contribution in [-0.2, 0) is 11.3 Å².